The average Bonchev–Trinajstić information content (AvgIpc) is 2.20. The molecule has 0 aromatic carbocycles. The number of alkyl halides is 3. The van der Waals surface area contributed by atoms with Gasteiger partial charge in [0.1, 0.15) is 6.54 Å². The number of carbonyl (C=O) groups is 1. The zero-order valence-corrected chi connectivity index (χ0v) is 11.3. The van der Waals surface area contributed by atoms with Gasteiger partial charge in [-0.25, -0.2) is 0 Å². The van der Waals surface area contributed by atoms with Crippen LogP contribution in [0.5, 0.6) is 0 Å². The summed E-state index contributed by atoms with van der Waals surface area (Å²) >= 11 is 0. The fourth-order valence-electron chi connectivity index (χ4n) is 1.68. The van der Waals surface area contributed by atoms with Crippen LogP contribution in [-0.4, -0.2) is 36.1 Å². The van der Waals surface area contributed by atoms with Gasteiger partial charge >= 0.3 is 6.18 Å². The number of hydrogen-bond acceptors (Lipinski definition) is 2. The minimum Gasteiger partial charge on any atom is -0.332 e. The summed E-state index contributed by atoms with van der Waals surface area (Å²) in [6.07, 6.45) is -2.68. The lowest BCUT2D eigenvalue weighted by atomic mass is 10.0. The molecule has 1 amide bonds. The van der Waals surface area contributed by atoms with E-state index in [4.69, 9.17) is 5.73 Å². The zero-order chi connectivity index (χ0) is 14.3. The van der Waals surface area contributed by atoms with E-state index in [0.29, 0.717) is 12.8 Å². The number of amides is 1. The minimum absolute atomic E-state index is 0.112. The van der Waals surface area contributed by atoms with E-state index in [1.165, 1.54) is 0 Å². The van der Waals surface area contributed by atoms with Crippen molar-refractivity contribution in [3.63, 3.8) is 0 Å². The summed E-state index contributed by atoms with van der Waals surface area (Å²) in [5.74, 6) is -0.419. The quantitative estimate of drug-likeness (QED) is 0.771. The highest BCUT2D eigenvalue weighted by Crippen LogP contribution is 2.18. The molecule has 18 heavy (non-hydrogen) atoms. The van der Waals surface area contributed by atoms with Crippen LogP contribution in [-0.2, 0) is 4.79 Å². The van der Waals surface area contributed by atoms with E-state index in [2.05, 4.69) is 0 Å². The summed E-state index contributed by atoms with van der Waals surface area (Å²) in [5.41, 5.74) is 5.65. The van der Waals surface area contributed by atoms with Gasteiger partial charge in [-0.1, -0.05) is 27.2 Å². The van der Waals surface area contributed by atoms with Gasteiger partial charge in [-0.2, -0.15) is 13.2 Å². The Kier molecular flexibility index (Phi) is 7.28. The van der Waals surface area contributed by atoms with Crippen molar-refractivity contribution >= 4 is 5.91 Å². The second-order valence-corrected chi connectivity index (χ2v) is 4.96. The minimum atomic E-state index is -4.37. The van der Waals surface area contributed by atoms with E-state index < -0.39 is 24.7 Å². The van der Waals surface area contributed by atoms with Crippen molar-refractivity contribution in [1.29, 1.82) is 0 Å². The molecule has 0 fully saturated rings. The fourth-order valence-corrected chi connectivity index (χ4v) is 1.68. The summed E-state index contributed by atoms with van der Waals surface area (Å²) in [5, 5.41) is 0. The van der Waals surface area contributed by atoms with Crippen LogP contribution in [0.2, 0.25) is 0 Å². The van der Waals surface area contributed by atoms with Gasteiger partial charge in [0.15, 0.2) is 0 Å². The summed E-state index contributed by atoms with van der Waals surface area (Å²) in [6.45, 7) is 4.53. The Hall–Kier alpha value is -0.780. The second kappa shape index (κ2) is 7.61. The molecule has 0 saturated carbocycles. The fraction of sp³-hybridized carbons (Fsp3) is 0.917. The van der Waals surface area contributed by atoms with Crippen LogP contribution < -0.4 is 5.73 Å². The van der Waals surface area contributed by atoms with Crippen molar-refractivity contribution < 1.29 is 18.0 Å². The van der Waals surface area contributed by atoms with E-state index in [1.807, 2.05) is 20.8 Å². The van der Waals surface area contributed by atoms with Gasteiger partial charge < -0.3 is 10.6 Å². The van der Waals surface area contributed by atoms with Crippen molar-refractivity contribution in [2.24, 2.45) is 11.7 Å². The van der Waals surface area contributed by atoms with Crippen molar-refractivity contribution in [1.82, 2.24) is 4.90 Å². The maximum atomic E-state index is 12.4. The second-order valence-electron chi connectivity index (χ2n) is 4.96. The number of unbranched alkanes of at least 4 members (excludes halogenated alkanes) is 1. The Morgan fingerprint density at radius 3 is 2.28 bits per heavy atom. The monoisotopic (exact) mass is 268 g/mol. The molecule has 0 radical (unpaired) electrons. The van der Waals surface area contributed by atoms with E-state index >= 15 is 0 Å². The molecule has 0 saturated heterocycles. The van der Waals surface area contributed by atoms with Gasteiger partial charge in [0.25, 0.3) is 0 Å². The van der Waals surface area contributed by atoms with Crippen molar-refractivity contribution in [2.45, 2.75) is 52.3 Å². The van der Waals surface area contributed by atoms with Crippen LogP contribution in [0.3, 0.4) is 0 Å². The molecule has 108 valence electrons. The van der Waals surface area contributed by atoms with E-state index in [1.54, 1.807) is 0 Å². The van der Waals surface area contributed by atoms with Gasteiger partial charge in [-0.05, 0) is 18.8 Å². The number of rotatable bonds is 7. The predicted molar refractivity (Wildman–Crippen MR) is 65.0 cm³/mol. The highest BCUT2D eigenvalue weighted by atomic mass is 19.4. The molecular weight excluding hydrogens is 245 g/mol. The van der Waals surface area contributed by atoms with E-state index in [0.717, 1.165) is 11.3 Å². The lowest BCUT2D eigenvalue weighted by Gasteiger charge is -2.27. The van der Waals surface area contributed by atoms with E-state index in [-0.39, 0.29) is 12.5 Å². The average molecular weight is 268 g/mol. The van der Waals surface area contributed by atoms with Crippen molar-refractivity contribution in [3.05, 3.63) is 0 Å². The predicted octanol–water partition coefficient (Wildman–Crippen LogP) is 2.55. The molecule has 1 unspecified atom stereocenters. The molecule has 0 aliphatic rings. The first-order valence-electron chi connectivity index (χ1n) is 6.28. The zero-order valence-electron chi connectivity index (χ0n) is 11.3. The first-order valence-corrected chi connectivity index (χ1v) is 6.28. The summed E-state index contributed by atoms with van der Waals surface area (Å²) < 4.78 is 37.2. The first-order chi connectivity index (χ1) is 8.17. The highest BCUT2D eigenvalue weighted by Gasteiger charge is 2.34. The maximum Gasteiger partial charge on any atom is 0.406 e. The number of hydrogen-bond donors (Lipinski definition) is 1. The normalized spacial score (nSPS) is 13.8. The number of nitrogens with zero attached hydrogens (tertiary/aromatic N) is 1. The molecule has 0 heterocycles. The lowest BCUT2D eigenvalue weighted by Crippen LogP contribution is -2.48. The van der Waals surface area contributed by atoms with Gasteiger partial charge in [-0.3, -0.25) is 4.79 Å². The van der Waals surface area contributed by atoms with Crippen LogP contribution >= 0.6 is 0 Å². The molecule has 0 aromatic rings. The van der Waals surface area contributed by atoms with Crippen LogP contribution in [0, 0.1) is 5.92 Å². The van der Waals surface area contributed by atoms with Gasteiger partial charge in [0.2, 0.25) is 5.91 Å². The van der Waals surface area contributed by atoms with Crippen molar-refractivity contribution in [3.8, 4) is 0 Å². The molecule has 1 atom stereocenters. The topological polar surface area (TPSA) is 46.3 Å². The van der Waals surface area contributed by atoms with Gasteiger partial charge in [0, 0.05) is 6.54 Å². The Balaban J connectivity index is 4.57. The number of carbonyl (C=O) groups excluding carboxylic acids is 1. The van der Waals surface area contributed by atoms with Crippen LogP contribution in [0.15, 0.2) is 0 Å². The molecule has 0 bridgehead atoms. The number of halogens is 3. The first kappa shape index (κ1) is 17.2. The summed E-state index contributed by atoms with van der Waals surface area (Å²) in [4.78, 5) is 12.7. The van der Waals surface area contributed by atoms with E-state index in [9.17, 15) is 18.0 Å². The highest BCUT2D eigenvalue weighted by molar-refractivity contribution is 5.81. The molecule has 0 aliphatic heterocycles. The third-order valence-electron chi connectivity index (χ3n) is 2.51. The largest absolute Gasteiger partial charge is 0.406 e. The number of nitrogens with two attached hydrogens (primary N) is 1. The SMILES string of the molecule is CCCCN(CC(F)(F)F)C(=O)C(N)CC(C)C. The molecule has 2 N–H and O–H groups in total. The third-order valence-corrected chi connectivity index (χ3v) is 2.51. The van der Waals surface area contributed by atoms with Crippen LogP contribution in [0.25, 0.3) is 0 Å². The Morgan fingerprint density at radius 2 is 1.89 bits per heavy atom. The summed E-state index contributed by atoms with van der Waals surface area (Å²) in [7, 11) is 0. The van der Waals surface area contributed by atoms with Crippen LogP contribution in [0.4, 0.5) is 13.2 Å². The molecule has 0 spiro atoms. The molecule has 0 aliphatic carbocycles. The Labute approximate surface area is 107 Å². The molecular formula is C12H23F3N2O. The van der Waals surface area contributed by atoms with Crippen LogP contribution in [0.1, 0.15) is 40.0 Å². The van der Waals surface area contributed by atoms with Gasteiger partial charge in [-0.15, -0.1) is 0 Å². The standard InChI is InChI=1S/C12H23F3N2O/c1-4-5-6-17(8-12(13,14)15)11(18)10(16)7-9(2)3/h9-10H,4-8,16H2,1-3H3. The third kappa shape index (κ3) is 7.53. The molecule has 3 nitrogen and oxygen atoms in total. The molecule has 0 rings (SSSR count). The Bertz CT molecular complexity index is 254. The smallest absolute Gasteiger partial charge is 0.332 e. The summed E-state index contributed by atoms with van der Waals surface area (Å²) in [6, 6.07) is -0.843. The molecule has 0 aromatic heterocycles. The lowest BCUT2D eigenvalue weighted by molar-refractivity contribution is -0.162. The Morgan fingerprint density at radius 1 is 1.33 bits per heavy atom. The maximum absolute atomic E-state index is 12.4. The molecule has 6 heteroatoms. The van der Waals surface area contributed by atoms with Gasteiger partial charge in [0.05, 0.1) is 6.04 Å². The van der Waals surface area contributed by atoms with Crippen molar-refractivity contribution in [2.75, 3.05) is 13.1 Å².